The molecule has 28 heavy (non-hydrogen) atoms. The summed E-state index contributed by atoms with van der Waals surface area (Å²) < 4.78 is 1.83. The van der Waals surface area contributed by atoms with Crippen molar-refractivity contribution < 1.29 is 9.90 Å². The zero-order valence-corrected chi connectivity index (χ0v) is 15.4. The molecule has 3 rings (SSSR count). The van der Waals surface area contributed by atoms with Crippen molar-refractivity contribution in [1.82, 2.24) is 14.5 Å². The van der Waals surface area contributed by atoms with Crippen molar-refractivity contribution in [1.29, 1.82) is 0 Å². The number of anilines is 1. The topological polar surface area (TPSA) is 124 Å². The molecule has 0 aliphatic carbocycles. The number of nitrogens with two attached hydrogens (primary N) is 2. The van der Waals surface area contributed by atoms with Gasteiger partial charge in [0.1, 0.15) is 17.8 Å². The molecule has 0 bridgehead atoms. The van der Waals surface area contributed by atoms with Crippen LogP contribution in [0.4, 0.5) is 5.82 Å². The highest BCUT2D eigenvalue weighted by Crippen LogP contribution is 2.38. The lowest BCUT2D eigenvalue weighted by Gasteiger charge is -2.09. The van der Waals surface area contributed by atoms with Crippen molar-refractivity contribution in [3.05, 3.63) is 59.0 Å². The van der Waals surface area contributed by atoms with Crippen LogP contribution in [-0.2, 0) is 11.3 Å². The number of primary amides is 1. The number of carbonyl (C=O) groups excluding carboxylic acids is 1. The molecule has 142 valence electrons. The third-order valence-corrected chi connectivity index (χ3v) is 4.44. The maximum atomic E-state index is 11.7. The van der Waals surface area contributed by atoms with Gasteiger partial charge >= 0.3 is 0 Å². The van der Waals surface area contributed by atoms with E-state index in [0.717, 1.165) is 11.1 Å². The number of aryl methyl sites for hydroxylation is 2. The standard InChI is InChI=1S/C20H20N6O2/c1-12-4-6-13(7-5-12)16-15(10-14(23-2)19(22)28)26(8-3-9-27)20-17(16)18(21)24-11-25-20/h4-7,10-11,27H,3,8-9H2,1H3,(H2,22,28)(H2,21,24,25)/b14-10-. The number of nitrogen functional groups attached to an aromatic ring is 1. The Hall–Kier alpha value is -3.70. The minimum absolute atomic E-state index is 0.0191. The Kier molecular flexibility index (Phi) is 5.38. The zero-order valence-electron chi connectivity index (χ0n) is 15.4. The molecule has 0 aliphatic rings. The average Bonchev–Trinajstić information content (AvgIpc) is 2.99. The molecule has 0 saturated heterocycles. The van der Waals surface area contributed by atoms with Gasteiger partial charge in [0.25, 0.3) is 5.70 Å². The van der Waals surface area contributed by atoms with Gasteiger partial charge < -0.3 is 21.1 Å². The van der Waals surface area contributed by atoms with Crippen molar-refractivity contribution in [2.24, 2.45) is 5.73 Å². The average molecular weight is 376 g/mol. The van der Waals surface area contributed by atoms with Crippen LogP contribution in [0.2, 0.25) is 0 Å². The summed E-state index contributed by atoms with van der Waals surface area (Å²) in [5, 5.41) is 9.94. The van der Waals surface area contributed by atoms with Gasteiger partial charge in [0.05, 0.1) is 12.0 Å². The largest absolute Gasteiger partial charge is 0.396 e. The van der Waals surface area contributed by atoms with Gasteiger partial charge in [0.2, 0.25) is 5.91 Å². The van der Waals surface area contributed by atoms with E-state index in [1.54, 1.807) is 0 Å². The van der Waals surface area contributed by atoms with Crippen molar-refractivity contribution in [2.75, 3.05) is 12.3 Å². The molecule has 8 heteroatoms. The first-order valence-corrected chi connectivity index (χ1v) is 8.67. The lowest BCUT2D eigenvalue weighted by atomic mass is 10.0. The van der Waals surface area contributed by atoms with E-state index in [4.69, 9.17) is 18.0 Å². The normalized spacial score (nSPS) is 11.5. The van der Waals surface area contributed by atoms with Crippen LogP contribution in [0.3, 0.4) is 0 Å². The molecule has 3 aromatic rings. The van der Waals surface area contributed by atoms with Crippen LogP contribution >= 0.6 is 0 Å². The highest BCUT2D eigenvalue weighted by atomic mass is 16.3. The summed E-state index contributed by atoms with van der Waals surface area (Å²) in [7, 11) is 0. The molecule has 8 nitrogen and oxygen atoms in total. The monoisotopic (exact) mass is 376 g/mol. The number of aromatic nitrogens is 3. The van der Waals surface area contributed by atoms with Gasteiger partial charge in [-0.25, -0.2) is 14.8 Å². The maximum Gasteiger partial charge on any atom is 0.251 e. The third-order valence-electron chi connectivity index (χ3n) is 4.44. The van der Waals surface area contributed by atoms with Crippen molar-refractivity contribution >= 4 is 28.8 Å². The molecule has 0 spiro atoms. The van der Waals surface area contributed by atoms with Crippen LogP contribution < -0.4 is 11.5 Å². The predicted octanol–water partition coefficient (Wildman–Crippen LogP) is 2.12. The van der Waals surface area contributed by atoms with Crippen LogP contribution in [0.15, 0.2) is 36.3 Å². The molecule has 1 amide bonds. The van der Waals surface area contributed by atoms with E-state index in [0.29, 0.717) is 41.1 Å². The van der Waals surface area contributed by atoms with Gasteiger partial charge in [-0.3, -0.25) is 4.79 Å². The number of fused-ring (bicyclic) bond motifs is 1. The highest BCUT2D eigenvalue weighted by molar-refractivity contribution is 6.07. The SMILES string of the molecule is [C-]#[N+]/C(=C\c1c(-c2ccc(C)cc2)c2c(N)ncnc2n1CCCO)C(N)=O. The van der Waals surface area contributed by atoms with Crippen molar-refractivity contribution in [3.8, 4) is 11.1 Å². The smallest absolute Gasteiger partial charge is 0.251 e. The summed E-state index contributed by atoms with van der Waals surface area (Å²) in [6.07, 6.45) is 3.28. The molecule has 0 saturated carbocycles. The number of rotatable bonds is 6. The summed E-state index contributed by atoms with van der Waals surface area (Å²) in [5.74, 6) is -0.524. The lowest BCUT2D eigenvalue weighted by Crippen LogP contribution is -2.12. The van der Waals surface area contributed by atoms with Crippen molar-refractivity contribution in [3.63, 3.8) is 0 Å². The second-order valence-electron chi connectivity index (χ2n) is 6.32. The van der Waals surface area contributed by atoms with Crippen LogP contribution in [-0.4, -0.2) is 32.2 Å². The minimum atomic E-state index is -0.817. The number of nitrogens with zero attached hydrogens (tertiary/aromatic N) is 4. The van der Waals surface area contributed by atoms with Gasteiger partial charge in [-0.1, -0.05) is 29.8 Å². The van der Waals surface area contributed by atoms with E-state index >= 15 is 0 Å². The van der Waals surface area contributed by atoms with Crippen LogP contribution in [0, 0.1) is 13.5 Å². The molecular formula is C20H20N6O2. The second-order valence-corrected chi connectivity index (χ2v) is 6.32. The number of carbonyl (C=O) groups is 1. The Morgan fingerprint density at radius 3 is 2.64 bits per heavy atom. The van der Waals surface area contributed by atoms with Gasteiger partial charge in [0.15, 0.2) is 0 Å². The number of aliphatic hydroxyl groups is 1. The fourth-order valence-corrected chi connectivity index (χ4v) is 3.12. The van der Waals surface area contributed by atoms with Crippen LogP contribution in [0.5, 0.6) is 0 Å². The van der Waals surface area contributed by atoms with E-state index in [1.807, 2.05) is 35.8 Å². The van der Waals surface area contributed by atoms with Gasteiger partial charge in [-0.15, -0.1) is 0 Å². The Morgan fingerprint density at radius 2 is 2.04 bits per heavy atom. The number of hydrogen-bond acceptors (Lipinski definition) is 5. The van der Waals surface area contributed by atoms with Crippen LogP contribution in [0.1, 0.15) is 17.7 Å². The molecule has 2 heterocycles. The number of benzene rings is 1. The summed E-state index contributed by atoms with van der Waals surface area (Å²) in [6, 6.07) is 7.80. The molecule has 0 radical (unpaired) electrons. The second kappa shape index (κ2) is 7.90. The molecular weight excluding hydrogens is 356 g/mol. The lowest BCUT2D eigenvalue weighted by molar-refractivity contribution is -0.114. The number of aliphatic hydroxyl groups excluding tert-OH is 1. The van der Waals surface area contributed by atoms with Crippen LogP contribution in [0.25, 0.3) is 33.1 Å². The first kappa shape index (κ1) is 19.1. The predicted molar refractivity (Wildman–Crippen MR) is 108 cm³/mol. The fraction of sp³-hybridized carbons (Fsp3) is 0.200. The first-order valence-electron chi connectivity index (χ1n) is 8.67. The van der Waals surface area contributed by atoms with Crippen molar-refractivity contribution in [2.45, 2.75) is 19.9 Å². The van der Waals surface area contributed by atoms with E-state index < -0.39 is 5.91 Å². The van der Waals surface area contributed by atoms with Gasteiger partial charge in [-0.2, -0.15) is 0 Å². The Bertz CT molecular complexity index is 1110. The van der Waals surface area contributed by atoms with Gasteiger partial charge in [-0.05, 0) is 25.0 Å². The molecule has 1 aromatic carbocycles. The molecule has 2 aromatic heterocycles. The maximum absolute atomic E-state index is 11.7. The third kappa shape index (κ3) is 3.43. The van der Waals surface area contributed by atoms with E-state index in [9.17, 15) is 9.90 Å². The quantitative estimate of drug-likeness (QED) is 0.449. The molecule has 0 atom stereocenters. The van der Waals surface area contributed by atoms with E-state index in [1.165, 1.54) is 12.4 Å². The Labute approximate surface area is 161 Å². The molecule has 0 aliphatic heterocycles. The Balaban J connectivity index is 2.44. The van der Waals surface area contributed by atoms with E-state index in [-0.39, 0.29) is 12.3 Å². The molecule has 0 fully saturated rings. The molecule has 0 unspecified atom stereocenters. The highest BCUT2D eigenvalue weighted by Gasteiger charge is 2.22. The van der Waals surface area contributed by atoms with Gasteiger partial charge in [0, 0.05) is 24.4 Å². The zero-order chi connectivity index (χ0) is 20.3. The summed E-state index contributed by atoms with van der Waals surface area (Å²) in [5.41, 5.74) is 15.1. The number of amides is 1. The first-order chi connectivity index (χ1) is 13.5. The number of hydrogen-bond donors (Lipinski definition) is 3. The summed E-state index contributed by atoms with van der Waals surface area (Å²) >= 11 is 0. The van der Waals surface area contributed by atoms with E-state index in [2.05, 4.69) is 14.8 Å². The molecule has 5 N–H and O–H groups in total. The summed E-state index contributed by atoms with van der Waals surface area (Å²) in [4.78, 5) is 23.4. The Morgan fingerprint density at radius 1 is 1.32 bits per heavy atom. The summed E-state index contributed by atoms with van der Waals surface area (Å²) in [6.45, 7) is 9.67. The fourth-order valence-electron chi connectivity index (χ4n) is 3.12. The minimum Gasteiger partial charge on any atom is -0.396 e.